The van der Waals surface area contributed by atoms with E-state index in [9.17, 15) is 4.79 Å². The Morgan fingerprint density at radius 3 is 2.95 bits per heavy atom. The lowest BCUT2D eigenvalue weighted by Crippen LogP contribution is -2.34. The minimum atomic E-state index is -0.188. The van der Waals surface area contributed by atoms with Crippen LogP contribution in [0.1, 0.15) is 16.1 Å². The summed E-state index contributed by atoms with van der Waals surface area (Å²) in [5, 5.41) is 5.79. The van der Waals surface area contributed by atoms with Crippen LogP contribution in [0, 0.1) is 0 Å². The molecule has 5 nitrogen and oxygen atoms in total. The van der Waals surface area contributed by atoms with E-state index in [-0.39, 0.29) is 12.0 Å². The van der Waals surface area contributed by atoms with Crippen LogP contribution in [-0.2, 0) is 6.42 Å². The third-order valence-electron chi connectivity index (χ3n) is 3.44. The number of nitrogens with one attached hydrogen (secondary N) is 2. The molecule has 1 atom stereocenters. The van der Waals surface area contributed by atoms with Crippen molar-refractivity contribution in [2.24, 2.45) is 0 Å². The second-order valence-electron chi connectivity index (χ2n) is 4.92. The van der Waals surface area contributed by atoms with E-state index in [1.54, 1.807) is 19.2 Å². The van der Waals surface area contributed by atoms with Gasteiger partial charge in [-0.25, -0.2) is 4.98 Å². The predicted molar refractivity (Wildman–Crippen MR) is 80.7 cm³/mol. The standard InChI is InChI=1S/C16H17N3O2/c1-17-15-8-4-6-13(19-15)16(20)18-10-12-9-11-5-2-3-7-14(11)21-12/h2-8,12H,9-10H2,1H3,(H,17,19)(H,18,20). The van der Waals surface area contributed by atoms with Crippen molar-refractivity contribution in [3.05, 3.63) is 53.7 Å². The van der Waals surface area contributed by atoms with Crippen LogP contribution >= 0.6 is 0 Å². The highest BCUT2D eigenvalue weighted by Crippen LogP contribution is 2.27. The van der Waals surface area contributed by atoms with Gasteiger partial charge in [-0.3, -0.25) is 4.79 Å². The lowest BCUT2D eigenvalue weighted by molar-refractivity contribution is 0.0928. The smallest absolute Gasteiger partial charge is 0.270 e. The maximum absolute atomic E-state index is 12.1. The highest BCUT2D eigenvalue weighted by atomic mass is 16.5. The van der Waals surface area contributed by atoms with Gasteiger partial charge >= 0.3 is 0 Å². The van der Waals surface area contributed by atoms with E-state index in [4.69, 9.17) is 4.74 Å². The SMILES string of the molecule is CNc1cccc(C(=O)NCC2Cc3ccccc3O2)n1. The first kappa shape index (κ1) is 13.4. The average Bonchev–Trinajstić information content (AvgIpc) is 2.95. The van der Waals surface area contributed by atoms with Crippen molar-refractivity contribution in [1.29, 1.82) is 0 Å². The zero-order valence-electron chi connectivity index (χ0n) is 11.8. The molecule has 5 heteroatoms. The van der Waals surface area contributed by atoms with E-state index < -0.39 is 0 Å². The van der Waals surface area contributed by atoms with Crippen molar-refractivity contribution in [2.75, 3.05) is 18.9 Å². The molecule has 1 aromatic carbocycles. The molecular formula is C16H17N3O2. The van der Waals surface area contributed by atoms with Crippen molar-refractivity contribution in [1.82, 2.24) is 10.3 Å². The molecule has 2 heterocycles. The summed E-state index contributed by atoms with van der Waals surface area (Å²) >= 11 is 0. The number of anilines is 1. The molecule has 0 fully saturated rings. The van der Waals surface area contributed by atoms with Gasteiger partial charge in [-0.15, -0.1) is 0 Å². The number of ether oxygens (including phenoxy) is 1. The average molecular weight is 283 g/mol. The van der Waals surface area contributed by atoms with Gasteiger partial charge in [0.2, 0.25) is 0 Å². The molecule has 3 rings (SSSR count). The second-order valence-corrected chi connectivity index (χ2v) is 4.92. The number of amides is 1. The zero-order chi connectivity index (χ0) is 14.7. The van der Waals surface area contributed by atoms with Crippen LogP contribution in [0.5, 0.6) is 5.75 Å². The monoisotopic (exact) mass is 283 g/mol. The van der Waals surface area contributed by atoms with Crippen LogP contribution in [0.2, 0.25) is 0 Å². The van der Waals surface area contributed by atoms with Crippen LogP contribution in [0.3, 0.4) is 0 Å². The lowest BCUT2D eigenvalue weighted by Gasteiger charge is -2.12. The number of pyridine rings is 1. The largest absolute Gasteiger partial charge is 0.488 e. The normalized spacial score (nSPS) is 16.0. The van der Waals surface area contributed by atoms with Crippen molar-refractivity contribution < 1.29 is 9.53 Å². The van der Waals surface area contributed by atoms with Gasteiger partial charge in [0.05, 0.1) is 6.54 Å². The Morgan fingerprint density at radius 1 is 1.29 bits per heavy atom. The van der Waals surface area contributed by atoms with Gasteiger partial charge < -0.3 is 15.4 Å². The van der Waals surface area contributed by atoms with Crippen LogP contribution in [-0.4, -0.2) is 30.6 Å². The van der Waals surface area contributed by atoms with Crippen molar-refractivity contribution in [3.8, 4) is 5.75 Å². The maximum Gasteiger partial charge on any atom is 0.270 e. The van der Waals surface area contributed by atoms with Crippen LogP contribution in [0.4, 0.5) is 5.82 Å². The van der Waals surface area contributed by atoms with Crippen molar-refractivity contribution in [3.63, 3.8) is 0 Å². The molecule has 108 valence electrons. The third-order valence-corrected chi connectivity index (χ3v) is 3.44. The Hall–Kier alpha value is -2.56. The number of nitrogens with zero attached hydrogens (tertiary/aromatic N) is 1. The van der Waals surface area contributed by atoms with Gasteiger partial charge in [0.25, 0.3) is 5.91 Å². The van der Waals surface area contributed by atoms with E-state index in [0.29, 0.717) is 18.1 Å². The fraction of sp³-hybridized carbons (Fsp3) is 0.250. The van der Waals surface area contributed by atoms with Crippen molar-refractivity contribution >= 4 is 11.7 Å². The van der Waals surface area contributed by atoms with Gasteiger partial charge in [0.1, 0.15) is 23.4 Å². The Bertz CT molecular complexity index is 632. The summed E-state index contributed by atoms with van der Waals surface area (Å²) in [6.07, 6.45) is 0.805. The summed E-state index contributed by atoms with van der Waals surface area (Å²) in [4.78, 5) is 16.3. The molecule has 0 bridgehead atoms. The first-order valence-electron chi connectivity index (χ1n) is 6.94. The number of fused-ring (bicyclic) bond motifs is 1. The summed E-state index contributed by atoms with van der Waals surface area (Å²) in [6.45, 7) is 0.471. The third kappa shape index (κ3) is 2.97. The number of para-hydroxylation sites is 1. The number of carbonyl (C=O) groups is 1. The van der Waals surface area contributed by atoms with E-state index in [1.165, 1.54) is 5.56 Å². The minimum absolute atomic E-state index is 0.0150. The molecule has 2 aromatic rings. The molecule has 1 aliphatic rings. The first-order chi connectivity index (χ1) is 10.3. The first-order valence-corrected chi connectivity index (χ1v) is 6.94. The molecule has 0 saturated heterocycles. The Balaban J connectivity index is 1.57. The maximum atomic E-state index is 12.1. The summed E-state index contributed by atoms with van der Waals surface area (Å²) in [5.41, 5.74) is 1.59. The number of rotatable bonds is 4. The molecular weight excluding hydrogens is 266 g/mol. The van der Waals surface area contributed by atoms with Gasteiger partial charge in [-0.1, -0.05) is 24.3 Å². The molecule has 0 radical (unpaired) electrons. The summed E-state index contributed by atoms with van der Waals surface area (Å²) in [7, 11) is 1.77. The molecule has 21 heavy (non-hydrogen) atoms. The molecule has 1 unspecified atom stereocenters. The number of hydrogen-bond donors (Lipinski definition) is 2. The quantitative estimate of drug-likeness (QED) is 0.899. The van der Waals surface area contributed by atoms with Crippen LogP contribution < -0.4 is 15.4 Å². The predicted octanol–water partition coefficient (Wildman–Crippen LogP) is 1.86. The van der Waals surface area contributed by atoms with E-state index in [0.717, 1.165) is 12.2 Å². The fourth-order valence-electron chi connectivity index (χ4n) is 2.37. The molecule has 1 aliphatic heterocycles. The Labute approximate surface area is 123 Å². The zero-order valence-corrected chi connectivity index (χ0v) is 11.8. The van der Waals surface area contributed by atoms with E-state index in [1.807, 2.05) is 24.3 Å². The summed E-state index contributed by atoms with van der Waals surface area (Å²) in [6, 6.07) is 13.3. The highest BCUT2D eigenvalue weighted by molar-refractivity contribution is 5.92. The van der Waals surface area contributed by atoms with E-state index >= 15 is 0 Å². The number of aromatic nitrogens is 1. The molecule has 0 spiro atoms. The van der Waals surface area contributed by atoms with Gasteiger partial charge in [0.15, 0.2) is 0 Å². The number of hydrogen-bond acceptors (Lipinski definition) is 4. The number of carbonyl (C=O) groups excluding carboxylic acids is 1. The molecule has 0 saturated carbocycles. The Kier molecular flexibility index (Phi) is 3.73. The summed E-state index contributed by atoms with van der Waals surface area (Å²) in [5.74, 6) is 1.39. The molecule has 0 aliphatic carbocycles. The Morgan fingerprint density at radius 2 is 2.14 bits per heavy atom. The minimum Gasteiger partial charge on any atom is -0.488 e. The van der Waals surface area contributed by atoms with Crippen LogP contribution in [0.25, 0.3) is 0 Å². The molecule has 1 aromatic heterocycles. The van der Waals surface area contributed by atoms with Crippen molar-refractivity contribution in [2.45, 2.75) is 12.5 Å². The van der Waals surface area contributed by atoms with E-state index in [2.05, 4.69) is 21.7 Å². The second kappa shape index (κ2) is 5.83. The molecule has 2 N–H and O–H groups in total. The fourth-order valence-corrected chi connectivity index (χ4v) is 2.37. The van der Waals surface area contributed by atoms with Gasteiger partial charge in [-0.05, 0) is 23.8 Å². The topological polar surface area (TPSA) is 63.2 Å². The highest BCUT2D eigenvalue weighted by Gasteiger charge is 2.22. The van der Waals surface area contributed by atoms with Gasteiger partial charge in [-0.2, -0.15) is 0 Å². The number of benzene rings is 1. The molecule has 1 amide bonds. The van der Waals surface area contributed by atoms with Gasteiger partial charge in [0, 0.05) is 13.5 Å². The lowest BCUT2D eigenvalue weighted by atomic mass is 10.1. The van der Waals surface area contributed by atoms with Crippen LogP contribution in [0.15, 0.2) is 42.5 Å². The summed E-state index contributed by atoms with van der Waals surface area (Å²) < 4.78 is 5.79.